The molecule has 0 aliphatic rings. The van der Waals surface area contributed by atoms with Crippen LogP contribution in [0.15, 0.2) is 0 Å². The molecule has 81 heavy (non-hydrogen) atoms. The van der Waals surface area contributed by atoms with Crippen LogP contribution in [0.3, 0.4) is 0 Å². The molecule has 0 rings (SSSR count). The molecule has 0 aromatic heterocycles. The second-order valence-electron chi connectivity index (χ2n) is 24.3. The highest BCUT2D eigenvalue weighted by Gasteiger charge is 2.30. The number of hydrogen-bond acceptors (Lipinski definition) is 15. The lowest BCUT2D eigenvalue weighted by molar-refractivity contribution is -0.161. The van der Waals surface area contributed by atoms with Gasteiger partial charge in [0.15, 0.2) is 12.2 Å². The number of unbranched alkanes of at least 4 members (excludes halogenated alkanes) is 25. The number of aliphatic hydroxyl groups excluding tert-OH is 1. The fraction of sp³-hybridized carbons (Fsp3) is 0.935. The van der Waals surface area contributed by atoms with E-state index < -0.39 is 97.5 Å². The van der Waals surface area contributed by atoms with Crippen molar-refractivity contribution in [1.82, 2.24) is 0 Å². The second kappa shape index (κ2) is 52.4. The smallest absolute Gasteiger partial charge is 0.462 e. The summed E-state index contributed by atoms with van der Waals surface area (Å²) in [6, 6.07) is 0. The third-order valence-corrected chi connectivity index (χ3v) is 16.0. The number of phosphoric acid groups is 2. The summed E-state index contributed by atoms with van der Waals surface area (Å²) in [6.07, 6.45) is 31.0. The van der Waals surface area contributed by atoms with Crippen molar-refractivity contribution in [1.29, 1.82) is 0 Å². The highest BCUT2D eigenvalue weighted by atomic mass is 31.2. The Bertz CT molecular complexity index is 1630. The van der Waals surface area contributed by atoms with Crippen LogP contribution in [-0.2, 0) is 65.4 Å². The molecule has 0 aromatic rings. The Morgan fingerprint density at radius 2 is 0.519 bits per heavy atom. The highest BCUT2D eigenvalue weighted by Crippen LogP contribution is 2.45. The Kier molecular flexibility index (Phi) is 51.1. The molecule has 3 unspecified atom stereocenters. The Labute approximate surface area is 492 Å². The monoisotopic (exact) mass is 1200 g/mol. The van der Waals surface area contributed by atoms with Crippen molar-refractivity contribution < 1.29 is 80.2 Å². The summed E-state index contributed by atoms with van der Waals surface area (Å²) in [6.45, 7) is 13.9. The molecular weight excluding hydrogens is 1080 g/mol. The topological polar surface area (TPSA) is 237 Å². The third-order valence-electron chi connectivity index (χ3n) is 14.1. The van der Waals surface area contributed by atoms with Crippen molar-refractivity contribution in [2.45, 2.75) is 311 Å². The van der Waals surface area contributed by atoms with Crippen LogP contribution in [-0.4, -0.2) is 96.7 Å². The van der Waals surface area contributed by atoms with E-state index in [4.69, 9.17) is 37.0 Å². The standard InChI is InChI=1S/C62H120O17P2/c1-52(2)38-30-22-14-9-11-17-28-36-44-61(66)78-57(48-72-59(64)42-34-26-19-13-16-24-32-40-54(5)6)50-76-80(68,69)74-46-56(63)47-75-81(70,71)77-51-58(49-73-60(65)43-35-27-21-20-25-33-41-55(7)8)79-62(67)45-37-29-18-12-10-15-23-31-39-53(3)4/h52-58,63H,9-51H2,1-8H3,(H,68,69)(H,70,71)/t56?,57-,58-/m1/s1. The molecule has 17 nitrogen and oxygen atoms in total. The van der Waals surface area contributed by atoms with Gasteiger partial charge in [0.2, 0.25) is 0 Å². The zero-order valence-corrected chi connectivity index (χ0v) is 54.2. The number of rotatable bonds is 59. The van der Waals surface area contributed by atoms with E-state index in [1.54, 1.807) is 0 Å². The summed E-state index contributed by atoms with van der Waals surface area (Å²) in [5.41, 5.74) is 0. The average molecular weight is 1200 g/mol. The van der Waals surface area contributed by atoms with Crippen LogP contribution in [0.25, 0.3) is 0 Å². The molecule has 0 aliphatic heterocycles. The van der Waals surface area contributed by atoms with Gasteiger partial charge in [0, 0.05) is 25.7 Å². The summed E-state index contributed by atoms with van der Waals surface area (Å²) in [4.78, 5) is 72.1. The molecule has 0 saturated carbocycles. The van der Waals surface area contributed by atoms with E-state index in [0.717, 1.165) is 115 Å². The first-order valence-electron chi connectivity index (χ1n) is 32.2. The number of carbonyl (C=O) groups excluding carboxylic acids is 4. The predicted molar refractivity (Wildman–Crippen MR) is 321 cm³/mol. The minimum Gasteiger partial charge on any atom is -0.462 e. The zero-order chi connectivity index (χ0) is 60.4. The second-order valence-corrected chi connectivity index (χ2v) is 27.3. The van der Waals surface area contributed by atoms with E-state index in [9.17, 15) is 43.2 Å². The van der Waals surface area contributed by atoms with Gasteiger partial charge in [0.1, 0.15) is 19.3 Å². The molecule has 19 heteroatoms. The van der Waals surface area contributed by atoms with Crippen LogP contribution in [0.2, 0.25) is 0 Å². The minimum absolute atomic E-state index is 0.103. The number of aliphatic hydroxyl groups is 1. The molecular formula is C62H120O17P2. The molecule has 0 radical (unpaired) electrons. The molecule has 5 atom stereocenters. The summed E-state index contributed by atoms with van der Waals surface area (Å²) >= 11 is 0. The maximum atomic E-state index is 12.9. The molecule has 0 spiro atoms. The van der Waals surface area contributed by atoms with E-state index >= 15 is 0 Å². The maximum absolute atomic E-state index is 12.9. The Morgan fingerprint density at radius 3 is 0.765 bits per heavy atom. The average Bonchev–Trinajstić information content (AvgIpc) is 3.40. The first-order valence-corrected chi connectivity index (χ1v) is 35.2. The fourth-order valence-corrected chi connectivity index (χ4v) is 10.7. The van der Waals surface area contributed by atoms with E-state index in [-0.39, 0.29) is 25.7 Å². The SMILES string of the molecule is CC(C)CCCCCCCCCCC(=O)O[C@H](COC(=O)CCCCCCCCCC(C)C)COP(=O)(O)OCC(O)COP(=O)(O)OC[C@@H](COC(=O)CCCCCCCCC(C)C)OC(=O)CCCCCCCCCCC(C)C. The van der Waals surface area contributed by atoms with Gasteiger partial charge in [0.05, 0.1) is 26.4 Å². The molecule has 480 valence electrons. The number of ether oxygens (including phenoxy) is 4. The lowest BCUT2D eigenvalue weighted by Gasteiger charge is -2.21. The van der Waals surface area contributed by atoms with Crippen LogP contribution >= 0.6 is 15.6 Å². The van der Waals surface area contributed by atoms with Crippen molar-refractivity contribution in [3.63, 3.8) is 0 Å². The fourth-order valence-electron chi connectivity index (χ4n) is 9.08. The van der Waals surface area contributed by atoms with Gasteiger partial charge in [-0.1, -0.05) is 242 Å². The molecule has 0 heterocycles. The number of phosphoric ester groups is 2. The van der Waals surface area contributed by atoms with E-state index in [2.05, 4.69) is 55.4 Å². The Morgan fingerprint density at radius 1 is 0.309 bits per heavy atom. The molecule has 0 saturated heterocycles. The van der Waals surface area contributed by atoms with Crippen molar-refractivity contribution >= 4 is 39.5 Å². The normalized spacial score (nSPS) is 14.5. The van der Waals surface area contributed by atoms with Gasteiger partial charge in [-0.2, -0.15) is 0 Å². The summed E-state index contributed by atoms with van der Waals surface area (Å²) in [5, 5.41) is 10.5. The number of hydrogen-bond donors (Lipinski definition) is 3. The molecule has 0 aliphatic carbocycles. The first kappa shape index (κ1) is 79.1. The summed E-state index contributed by atoms with van der Waals surface area (Å²) in [5.74, 6) is 0.675. The van der Waals surface area contributed by atoms with Gasteiger partial charge < -0.3 is 33.8 Å². The molecule has 0 aromatic carbocycles. The van der Waals surface area contributed by atoms with E-state index in [1.807, 2.05) is 0 Å². The summed E-state index contributed by atoms with van der Waals surface area (Å²) < 4.78 is 67.9. The Hall–Kier alpha value is -1.94. The van der Waals surface area contributed by atoms with E-state index in [1.165, 1.54) is 83.5 Å². The lowest BCUT2D eigenvalue weighted by Crippen LogP contribution is -2.30. The summed E-state index contributed by atoms with van der Waals surface area (Å²) in [7, 11) is -9.88. The first-order chi connectivity index (χ1) is 38.6. The number of carbonyl (C=O) groups is 4. The van der Waals surface area contributed by atoms with Crippen molar-refractivity contribution in [2.75, 3.05) is 39.6 Å². The number of esters is 4. The van der Waals surface area contributed by atoms with Crippen LogP contribution in [0.4, 0.5) is 0 Å². The van der Waals surface area contributed by atoms with Gasteiger partial charge in [-0.25, -0.2) is 9.13 Å². The van der Waals surface area contributed by atoms with Gasteiger partial charge >= 0.3 is 39.5 Å². The van der Waals surface area contributed by atoms with E-state index in [0.29, 0.717) is 37.5 Å². The van der Waals surface area contributed by atoms with Crippen LogP contribution in [0.5, 0.6) is 0 Å². The zero-order valence-electron chi connectivity index (χ0n) is 52.4. The predicted octanol–water partition coefficient (Wildman–Crippen LogP) is 16.6. The third kappa shape index (κ3) is 56.9. The van der Waals surface area contributed by atoms with Gasteiger partial charge in [-0.05, 0) is 49.4 Å². The Balaban J connectivity index is 5.25. The lowest BCUT2D eigenvalue weighted by atomic mass is 10.0. The van der Waals surface area contributed by atoms with Crippen LogP contribution in [0.1, 0.15) is 293 Å². The van der Waals surface area contributed by atoms with Crippen molar-refractivity contribution in [3.8, 4) is 0 Å². The van der Waals surface area contributed by atoms with Crippen LogP contribution in [0, 0.1) is 23.7 Å². The molecule has 0 bridgehead atoms. The molecule has 3 N–H and O–H groups in total. The molecule has 0 fully saturated rings. The van der Waals surface area contributed by atoms with Crippen molar-refractivity contribution in [2.24, 2.45) is 23.7 Å². The quantitative estimate of drug-likeness (QED) is 0.0222. The van der Waals surface area contributed by atoms with Gasteiger partial charge in [0.25, 0.3) is 0 Å². The largest absolute Gasteiger partial charge is 0.472 e. The molecule has 0 amide bonds. The van der Waals surface area contributed by atoms with Gasteiger partial charge in [-0.3, -0.25) is 37.3 Å². The van der Waals surface area contributed by atoms with Crippen molar-refractivity contribution in [3.05, 3.63) is 0 Å². The maximum Gasteiger partial charge on any atom is 0.472 e. The minimum atomic E-state index is -4.94. The highest BCUT2D eigenvalue weighted by molar-refractivity contribution is 7.47. The van der Waals surface area contributed by atoms with Crippen LogP contribution < -0.4 is 0 Å². The van der Waals surface area contributed by atoms with Gasteiger partial charge in [-0.15, -0.1) is 0 Å².